The Balaban J connectivity index is 1.30. The number of hydrogen-bond acceptors (Lipinski definition) is 4. The molecule has 3 N–H and O–H groups in total. The van der Waals surface area contributed by atoms with Gasteiger partial charge in [-0.3, -0.25) is 4.79 Å². The Kier molecular flexibility index (Phi) is 5.38. The summed E-state index contributed by atoms with van der Waals surface area (Å²) in [6.07, 6.45) is -0.135. The number of amidine groups is 1. The molecule has 2 aliphatic rings. The van der Waals surface area contributed by atoms with Crippen LogP contribution < -0.4 is 11.1 Å². The molecule has 0 fully saturated rings. The first kappa shape index (κ1) is 21.2. The van der Waals surface area contributed by atoms with Crippen LogP contribution in [0.2, 0.25) is 0 Å². The molecule has 6 heteroatoms. The van der Waals surface area contributed by atoms with Gasteiger partial charge in [-0.15, -0.1) is 0 Å². The molecule has 168 valence electrons. The number of nitrogens with zero attached hydrogens (tertiary/aromatic N) is 1. The smallest absolute Gasteiger partial charge is 0.251 e. The molecule has 0 aliphatic carbocycles. The summed E-state index contributed by atoms with van der Waals surface area (Å²) in [6.45, 7) is 4.81. The molecule has 2 bridgehead atoms. The van der Waals surface area contributed by atoms with Gasteiger partial charge in [0.05, 0.1) is 0 Å². The molecule has 2 heterocycles. The van der Waals surface area contributed by atoms with Gasteiger partial charge in [0, 0.05) is 17.7 Å². The number of carbonyl (C=O) groups excluding carboxylic acids is 1. The number of benzene rings is 3. The highest BCUT2D eigenvalue weighted by molar-refractivity contribution is 5.97. The van der Waals surface area contributed by atoms with Crippen LogP contribution in [0.1, 0.15) is 81.3 Å². The Morgan fingerprint density at radius 1 is 0.970 bits per heavy atom. The van der Waals surface area contributed by atoms with E-state index in [0.717, 1.165) is 22.3 Å². The van der Waals surface area contributed by atoms with Crippen molar-refractivity contribution in [1.29, 1.82) is 0 Å². The van der Waals surface area contributed by atoms with Crippen molar-refractivity contribution in [2.24, 2.45) is 10.9 Å². The molecule has 2 aliphatic heterocycles. The quantitative estimate of drug-likeness (QED) is 0.334. The first-order valence-electron chi connectivity index (χ1n) is 11.1. The number of nitrogens with two attached hydrogens (primary N) is 1. The van der Waals surface area contributed by atoms with Crippen LogP contribution in [0.15, 0.2) is 65.8 Å². The van der Waals surface area contributed by atoms with Gasteiger partial charge < -0.3 is 20.6 Å². The average Bonchev–Trinajstić information content (AvgIpc) is 3.39. The number of hydrogen-bond donors (Lipinski definition) is 2. The Labute approximate surface area is 193 Å². The SMILES string of the molecule is CON=C(N)c1ccc(CNC(=O)c2ccc3c(c2)[C@@H]2O[C@H]3c3ccc(C(C)C)cc32)cc1. The van der Waals surface area contributed by atoms with E-state index < -0.39 is 0 Å². The molecule has 0 aromatic heterocycles. The summed E-state index contributed by atoms with van der Waals surface area (Å²) < 4.78 is 6.30. The lowest BCUT2D eigenvalue weighted by molar-refractivity contribution is 0.0857. The van der Waals surface area contributed by atoms with E-state index in [2.05, 4.69) is 42.5 Å². The van der Waals surface area contributed by atoms with Gasteiger partial charge in [-0.2, -0.15) is 0 Å². The summed E-state index contributed by atoms with van der Waals surface area (Å²) in [7, 11) is 1.45. The van der Waals surface area contributed by atoms with Crippen LogP contribution in [0.5, 0.6) is 0 Å². The van der Waals surface area contributed by atoms with E-state index >= 15 is 0 Å². The van der Waals surface area contributed by atoms with E-state index in [1.807, 2.05) is 42.5 Å². The van der Waals surface area contributed by atoms with Gasteiger partial charge in [0.2, 0.25) is 0 Å². The van der Waals surface area contributed by atoms with Gasteiger partial charge in [-0.25, -0.2) is 0 Å². The molecule has 0 radical (unpaired) electrons. The third-order valence-corrected chi connectivity index (χ3v) is 6.42. The maximum absolute atomic E-state index is 12.9. The van der Waals surface area contributed by atoms with Crippen LogP contribution in [-0.4, -0.2) is 18.9 Å². The second-order valence-corrected chi connectivity index (χ2v) is 8.82. The Bertz CT molecular complexity index is 1250. The van der Waals surface area contributed by atoms with Gasteiger partial charge in [0.1, 0.15) is 19.3 Å². The van der Waals surface area contributed by atoms with Crippen molar-refractivity contribution in [3.8, 4) is 0 Å². The van der Waals surface area contributed by atoms with Crippen LogP contribution in [0, 0.1) is 0 Å². The molecular formula is C27H27N3O3. The second-order valence-electron chi connectivity index (χ2n) is 8.82. The number of amides is 1. The first-order chi connectivity index (χ1) is 16.0. The molecule has 5 rings (SSSR count). The second kappa shape index (κ2) is 8.37. The number of ether oxygens (including phenoxy) is 1. The molecule has 2 atom stereocenters. The summed E-state index contributed by atoms with van der Waals surface area (Å²) >= 11 is 0. The molecule has 3 aromatic carbocycles. The van der Waals surface area contributed by atoms with Crippen molar-refractivity contribution in [2.45, 2.75) is 38.5 Å². The molecular weight excluding hydrogens is 414 g/mol. The van der Waals surface area contributed by atoms with Gasteiger partial charge in [0.25, 0.3) is 5.91 Å². The molecule has 1 amide bonds. The number of carbonyl (C=O) groups is 1. The monoisotopic (exact) mass is 441 g/mol. The maximum atomic E-state index is 12.9. The fraction of sp³-hybridized carbons (Fsp3) is 0.259. The number of oxime groups is 1. The van der Waals surface area contributed by atoms with Crippen LogP contribution in [0.4, 0.5) is 0 Å². The molecule has 0 spiro atoms. The molecule has 0 saturated heterocycles. The minimum absolute atomic E-state index is 0.0362. The van der Waals surface area contributed by atoms with Crippen LogP contribution >= 0.6 is 0 Å². The van der Waals surface area contributed by atoms with Gasteiger partial charge in [0.15, 0.2) is 5.84 Å². The molecule has 3 aromatic rings. The zero-order valence-electron chi connectivity index (χ0n) is 19.0. The Morgan fingerprint density at radius 3 is 2.30 bits per heavy atom. The zero-order valence-corrected chi connectivity index (χ0v) is 19.0. The zero-order chi connectivity index (χ0) is 23.1. The summed E-state index contributed by atoms with van der Waals surface area (Å²) in [6, 6.07) is 20.1. The first-order valence-corrected chi connectivity index (χ1v) is 11.1. The van der Waals surface area contributed by atoms with Crippen molar-refractivity contribution < 1.29 is 14.4 Å². The van der Waals surface area contributed by atoms with Crippen molar-refractivity contribution in [3.05, 3.63) is 105 Å². The maximum Gasteiger partial charge on any atom is 0.251 e. The average molecular weight is 442 g/mol. The van der Waals surface area contributed by atoms with Crippen molar-refractivity contribution >= 4 is 11.7 Å². The van der Waals surface area contributed by atoms with Crippen molar-refractivity contribution in [2.75, 3.05) is 7.11 Å². The number of rotatable bonds is 6. The van der Waals surface area contributed by atoms with E-state index in [1.54, 1.807) is 0 Å². The molecule has 6 nitrogen and oxygen atoms in total. The molecule has 0 unspecified atom stereocenters. The van der Waals surface area contributed by atoms with Crippen LogP contribution in [0.3, 0.4) is 0 Å². The lowest BCUT2D eigenvalue weighted by Crippen LogP contribution is -2.23. The fourth-order valence-corrected chi connectivity index (χ4v) is 4.59. The summed E-state index contributed by atoms with van der Waals surface area (Å²) in [5.74, 6) is 0.662. The standard InChI is InChI=1S/C27H27N3O3/c1-15(2)18-8-10-20-22(12-18)25-23-13-19(9-11-21(23)24(20)33-25)27(31)29-14-16-4-6-17(7-5-16)26(28)30-32-3/h4-13,15,24-25H,14H2,1-3H3,(H2,28,30)(H,29,31)/t24-,25+/m0/s1. The van der Waals surface area contributed by atoms with E-state index in [4.69, 9.17) is 15.3 Å². The number of fused-ring (bicyclic) bond motifs is 8. The largest absolute Gasteiger partial charge is 0.397 e. The van der Waals surface area contributed by atoms with E-state index in [-0.39, 0.29) is 18.1 Å². The Hall–Kier alpha value is -3.64. The van der Waals surface area contributed by atoms with Crippen LogP contribution in [-0.2, 0) is 16.1 Å². The van der Waals surface area contributed by atoms with Gasteiger partial charge in [-0.1, -0.05) is 67.5 Å². The van der Waals surface area contributed by atoms with Gasteiger partial charge in [-0.05, 0) is 51.4 Å². The minimum Gasteiger partial charge on any atom is -0.397 e. The van der Waals surface area contributed by atoms with Crippen LogP contribution in [0.25, 0.3) is 0 Å². The lowest BCUT2D eigenvalue weighted by atomic mass is 9.83. The topological polar surface area (TPSA) is 85.9 Å². The molecule has 0 saturated carbocycles. The normalized spacial score (nSPS) is 18.2. The van der Waals surface area contributed by atoms with E-state index in [1.165, 1.54) is 23.8 Å². The summed E-state index contributed by atoms with van der Waals surface area (Å²) in [5.41, 5.74) is 14.2. The number of nitrogens with one attached hydrogen (secondary N) is 1. The summed E-state index contributed by atoms with van der Waals surface area (Å²) in [5, 5.41) is 6.73. The highest BCUT2D eigenvalue weighted by Crippen LogP contribution is 2.54. The van der Waals surface area contributed by atoms with Crippen molar-refractivity contribution in [1.82, 2.24) is 5.32 Å². The predicted molar refractivity (Wildman–Crippen MR) is 127 cm³/mol. The molecule has 33 heavy (non-hydrogen) atoms. The highest BCUT2D eigenvalue weighted by Gasteiger charge is 2.43. The third-order valence-electron chi connectivity index (χ3n) is 6.42. The minimum atomic E-state index is -0.110. The van der Waals surface area contributed by atoms with Crippen molar-refractivity contribution in [3.63, 3.8) is 0 Å². The van der Waals surface area contributed by atoms with E-state index in [0.29, 0.717) is 23.9 Å². The predicted octanol–water partition coefficient (Wildman–Crippen LogP) is 4.53. The fourth-order valence-electron chi connectivity index (χ4n) is 4.59. The lowest BCUT2D eigenvalue weighted by Gasteiger charge is -2.18. The van der Waals surface area contributed by atoms with E-state index in [9.17, 15) is 4.79 Å². The summed E-state index contributed by atoms with van der Waals surface area (Å²) in [4.78, 5) is 17.6. The van der Waals surface area contributed by atoms with Gasteiger partial charge >= 0.3 is 0 Å². The Morgan fingerprint density at radius 2 is 1.61 bits per heavy atom. The highest BCUT2D eigenvalue weighted by atomic mass is 16.6. The third kappa shape index (κ3) is 3.76.